The standard InChI is InChI=1S/C16H24FNO/c1-18-11-16(14-7-9-15(17)10-8-14)19-12-13-5-3-2-4-6-13/h7-10,13,16,18H,2-6,11-12H2,1H3. The molecule has 1 aromatic rings. The van der Waals surface area contributed by atoms with E-state index in [0.717, 1.165) is 18.7 Å². The van der Waals surface area contributed by atoms with E-state index in [-0.39, 0.29) is 11.9 Å². The van der Waals surface area contributed by atoms with Gasteiger partial charge in [0.25, 0.3) is 0 Å². The molecule has 1 unspecified atom stereocenters. The van der Waals surface area contributed by atoms with E-state index in [9.17, 15) is 4.39 Å². The fourth-order valence-electron chi connectivity index (χ4n) is 2.74. The van der Waals surface area contributed by atoms with Gasteiger partial charge in [0.15, 0.2) is 0 Å². The monoisotopic (exact) mass is 265 g/mol. The van der Waals surface area contributed by atoms with Gasteiger partial charge in [-0.3, -0.25) is 0 Å². The minimum atomic E-state index is -0.195. The Kier molecular flexibility index (Phi) is 5.80. The SMILES string of the molecule is CNCC(OCC1CCCCC1)c1ccc(F)cc1. The molecule has 106 valence electrons. The van der Waals surface area contributed by atoms with Gasteiger partial charge in [-0.15, -0.1) is 0 Å². The maximum absolute atomic E-state index is 13.0. The van der Waals surface area contributed by atoms with E-state index in [4.69, 9.17) is 4.74 Å². The zero-order valence-corrected chi connectivity index (χ0v) is 11.7. The van der Waals surface area contributed by atoms with Crippen molar-refractivity contribution >= 4 is 0 Å². The molecule has 1 fully saturated rings. The molecule has 0 aliphatic heterocycles. The number of likely N-dealkylation sites (N-methyl/N-ethyl adjacent to an activating group) is 1. The molecule has 0 radical (unpaired) electrons. The van der Waals surface area contributed by atoms with E-state index >= 15 is 0 Å². The van der Waals surface area contributed by atoms with E-state index in [1.165, 1.54) is 44.2 Å². The highest BCUT2D eigenvalue weighted by Crippen LogP contribution is 2.26. The van der Waals surface area contributed by atoms with Gasteiger partial charge < -0.3 is 10.1 Å². The van der Waals surface area contributed by atoms with E-state index in [0.29, 0.717) is 5.92 Å². The van der Waals surface area contributed by atoms with Crippen LogP contribution in [0.25, 0.3) is 0 Å². The summed E-state index contributed by atoms with van der Waals surface area (Å²) in [5.41, 5.74) is 1.05. The lowest BCUT2D eigenvalue weighted by molar-refractivity contribution is 0.0209. The predicted octanol–water partition coefficient (Wildman–Crippen LogP) is 3.68. The number of halogens is 1. The van der Waals surface area contributed by atoms with Gasteiger partial charge in [-0.2, -0.15) is 0 Å². The second-order valence-electron chi connectivity index (χ2n) is 5.44. The smallest absolute Gasteiger partial charge is 0.123 e. The van der Waals surface area contributed by atoms with Crippen molar-refractivity contribution in [2.75, 3.05) is 20.2 Å². The molecule has 19 heavy (non-hydrogen) atoms. The molecule has 2 rings (SSSR count). The van der Waals surface area contributed by atoms with Crippen LogP contribution >= 0.6 is 0 Å². The highest BCUT2D eigenvalue weighted by atomic mass is 19.1. The van der Waals surface area contributed by atoms with Crippen molar-refractivity contribution in [1.82, 2.24) is 5.32 Å². The van der Waals surface area contributed by atoms with Gasteiger partial charge >= 0.3 is 0 Å². The molecule has 1 N–H and O–H groups in total. The van der Waals surface area contributed by atoms with Gasteiger partial charge in [-0.05, 0) is 43.5 Å². The molecule has 1 atom stereocenters. The fraction of sp³-hybridized carbons (Fsp3) is 0.625. The number of rotatable bonds is 6. The molecule has 1 aromatic carbocycles. The third-order valence-electron chi connectivity index (χ3n) is 3.89. The number of hydrogen-bond donors (Lipinski definition) is 1. The van der Waals surface area contributed by atoms with Gasteiger partial charge in [-0.1, -0.05) is 31.4 Å². The first-order valence-electron chi connectivity index (χ1n) is 7.31. The van der Waals surface area contributed by atoms with Gasteiger partial charge in [0, 0.05) is 6.54 Å². The largest absolute Gasteiger partial charge is 0.372 e. The molecular weight excluding hydrogens is 241 g/mol. The molecule has 0 bridgehead atoms. The Hall–Kier alpha value is -0.930. The number of hydrogen-bond acceptors (Lipinski definition) is 2. The Morgan fingerprint density at radius 1 is 1.21 bits per heavy atom. The second kappa shape index (κ2) is 7.61. The lowest BCUT2D eigenvalue weighted by Crippen LogP contribution is -2.23. The summed E-state index contributed by atoms with van der Waals surface area (Å²) in [6.45, 7) is 1.59. The third-order valence-corrected chi connectivity index (χ3v) is 3.89. The van der Waals surface area contributed by atoms with Crippen molar-refractivity contribution in [3.8, 4) is 0 Å². The fourth-order valence-corrected chi connectivity index (χ4v) is 2.74. The van der Waals surface area contributed by atoms with Crippen molar-refractivity contribution < 1.29 is 9.13 Å². The van der Waals surface area contributed by atoms with Gasteiger partial charge in [-0.25, -0.2) is 4.39 Å². The zero-order valence-electron chi connectivity index (χ0n) is 11.7. The Morgan fingerprint density at radius 3 is 2.53 bits per heavy atom. The first-order chi connectivity index (χ1) is 9.29. The first kappa shape index (κ1) is 14.5. The summed E-state index contributed by atoms with van der Waals surface area (Å²) in [4.78, 5) is 0. The van der Waals surface area contributed by atoms with Crippen LogP contribution < -0.4 is 5.32 Å². The van der Waals surface area contributed by atoms with Crippen LogP contribution in [0, 0.1) is 11.7 Å². The Bertz CT molecular complexity index is 360. The Balaban J connectivity index is 1.89. The van der Waals surface area contributed by atoms with Crippen LogP contribution in [0.15, 0.2) is 24.3 Å². The van der Waals surface area contributed by atoms with Gasteiger partial charge in [0.1, 0.15) is 5.82 Å². The maximum Gasteiger partial charge on any atom is 0.123 e. The van der Waals surface area contributed by atoms with Crippen molar-refractivity contribution in [3.05, 3.63) is 35.6 Å². The summed E-state index contributed by atoms with van der Waals surface area (Å²) in [6.07, 6.45) is 6.63. The summed E-state index contributed by atoms with van der Waals surface area (Å²) < 4.78 is 19.0. The lowest BCUT2D eigenvalue weighted by Gasteiger charge is -2.25. The Morgan fingerprint density at radius 2 is 1.89 bits per heavy atom. The predicted molar refractivity (Wildman–Crippen MR) is 75.6 cm³/mol. The summed E-state index contributed by atoms with van der Waals surface area (Å²) in [6, 6.07) is 6.64. The van der Waals surface area contributed by atoms with Gasteiger partial charge in [0.2, 0.25) is 0 Å². The summed E-state index contributed by atoms with van der Waals surface area (Å²) in [5, 5.41) is 3.15. The molecule has 0 aromatic heterocycles. The molecule has 0 saturated heterocycles. The highest BCUT2D eigenvalue weighted by molar-refractivity contribution is 5.19. The second-order valence-corrected chi connectivity index (χ2v) is 5.44. The molecule has 1 saturated carbocycles. The molecule has 2 nitrogen and oxygen atoms in total. The average Bonchev–Trinajstić information content (AvgIpc) is 2.46. The van der Waals surface area contributed by atoms with Crippen LogP contribution in [0.5, 0.6) is 0 Å². The van der Waals surface area contributed by atoms with Crippen LogP contribution in [0.3, 0.4) is 0 Å². The molecule has 1 aliphatic rings. The third kappa shape index (κ3) is 4.59. The van der Waals surface area contributed by atoms with Crippen LogP contribution in [0.2, 0.25) is 0 Å². The molecule has 0 amide bonds. The van der Waals surface area contributed by atoms with Crippen LogP contribution in [0.1, 0.15) is 43.8 Å². The number of benzene rings is 1. The topological polar surface area (TPSA) is 21.3 Å². The minimum absolute atomic E-state index is 0.0209. The van der Waals surface area contributed by atoms with Crippen molar-refractivity contribution in [2.24, 2.45) is 5.92 Å². The number of nitrogens with one attached hydrogen (secondary N) is 1. The highest BCUT2D eigenvalue weighted by Gasteiger charge is 2.17. The van der Waals surface area contributed by atoms with E-state index in [1.54, 1.807) is 0 Å². The number of ether oxygens (including phenoxy) is 1. The van der Waals surface area contributed by atoms with Crippen LogP contribution in [-0.4, -0.2) is 20.2 Å². The summed E-state index contributed by atoms with van der Waals surface area (Å²) >= 11 is 0. The van der Waals surface area contributed by atoms with E-state index in [2.05, 4.69) is 5.32 Å². The van der Waals surface area contributed by atoms with Crippen molar-refractivity contribution in [1.29, 1.82) is 0 Å². The van der Waals surface area contributed by atoms with Crippen LogP contribution in [0.4, 0.5) is 4.39 Å². The summed E-state index contributed by atoms with van der Waals surface area (Å²) in [5.74, 6) is 0.507. The lowest BCUT2D eigenvalue weighted by atomic mass is 9.90. The maximum atomic E-state index is 13.0. The summed E-state index contributed by atoms with van der Waals surface area (Å²) in [7, 11) is 1.92. The van der Waals surface area contributed by atoms with Gasteiger partial charge in [0.05, 0.1) is 12.7 Å². The molecule has 0 heterocycles. The van der Waals surface area contributed by atoms with Crippen molar-refractivity contribution in [3.63, 3.8) is 0 Å². The minimum Gasteiger partial charge on any atom is -0.372 e. The Labute approximate surface area is 115 Å². The molecule has 1 aliphatic carbocycles. The molecule has 3 heteroatoms. The average molecular weight is 265 g/mol. The quantitative estimate of drug-likeness (QED) is 0.847. The molecular formula is C16H24FNO. The molecule has 0 spiro atoms. The van der Waals surface area contributed by atoms with Crippen molar-refractivity contribution in [2.45, 2.75) is 38.2 Å². The van der Waals surface area contributed by atoms with Crippen LogP contribution in [-0.2, 0) is 4.74 Å². The van der Waals surface area contributed by atoms with E-state index < -0.39 is 0 Å². The first-order valence-corrected chi connectivity index (χ1v) is 7.31. The van der Waals surface area contributed by atoms with E-state index in [1.807, 2.05) is 19.2 Å². The normalized spacial score (nSPS) is 18.4. The zero-order chi connectivity index (χ0) is 13.5.